The lowest BCUT2D eigenvalue weighted by molar-refractivity contribution is -0.387. The maximum Gasteiger partial charge on any atom is 0.285 e. The lowest BCUT2D eigenvalue weighted by atomic mass is 10.2. The molecule has 104 valence electrons. The van der Waals surface area contributed by atoms with Gasteiger partial charge in [-0.25, -0.2) is 4.39 Å². The molecule has 1 atom stereocenters. The maximum atomic E-state index is 13.7. The molecule has 0 fully saturated rings. The summed E-state index contributed by atoms with van der Waals surface area (Å²) >= 11 is 0. The van der Waals surface area contributed by atoms with Crippen LogP contribution >= 0.6 is 0 Å². The number of hydrogen-bond donors (Lipinski definition) is 1. The number of nitro groups is 1. The zero-order chi connectivity index (χ0) is 14.7. The van der Waals surface area contributed by atoms with E-state index in [1.807, 2.05) is 0 Å². The van der Waals surface area contributed by atoms with Crippen molar-refractivity contribution in [2.24, 2.45) is 0 Å². The van der Waals surface area contributed by atoms with E-state index in [1.54, 1.807) is 12.1 Å². The summed E-state index contributed by atoms with van der Waals surface area (Å²) in [6, 6.07) is 10.1. The van der Waals surface area contributed by atoms with Gasteiger partial charge in [0.15, 0.2) is 0 Å². The van der Waals surface area contributed by atoms with Crippen molar-refractivity contribution in [1.82, 2.24) is 0 Å². The average molecular weight is 294 g/mol. The van der Waals surface area contributed by atoms with E-state index in [0.29, 0.717) is 0 Å². The Labute approximate surface area is 116 Å². The Hall–Kier alpha value is -2.28. The van der Waals surface area contributed by atoms with E-state index in [-0.39, 0.29) is 27.6 Å². The second-order valence-electron chi connectivity index (χ2n) is 4.04. The molecule has 7 heteroatoms. The normalized spacial score (nSPS) is 12.1. The molecule has 0 amide bonds. The topological polar surface area (TPSA) is 86.2 Å². The van der Waals surface area contributed by atoms with Gasteiger partial charge >= 0.3 is 0 Å². The minimum Gasteiger partial charge on any atom is -0.396 e. The van der Waals surface area contributed by atoms with Crippen molar-refractivity contribution in [3.8, 4) is 0 Å². The van der Waals surface area contributed by atoms with Gasteiger partial charge in [0, 0.05) is 11.6 Å². The summed E-state index contributed by atoms with van der Waals surface area (Å²) in [5.41, 5.74) is 5.32. The Morgan fingerprint density at radius 3 is 2.60 bits per heavy atom. The third-order valence-electron chi connectivity index (χ3n) is 2.70. The zero-order valence-electron chi connectivity index (χ0n) is 10.3. The van der Waals surface area contributed by atoms with Crippen LogP contribution in [-0.2, 0) is 16.6 Å². The van der Waals surface area contributed by atoms with Crippen molar-refractivity contribution < 1.29 is 13.5 Å². The average Bonchev–Trinajstić information content (AvgIpc) is 2.43. The molecule has 2 aromatic carbocycles. The first-order valence-corrected chi connectivity index (χ1v) is 6.97. The number of nitrogen functional groups attached to an aromatic ring is 1. The van der Waals surface area contributed by atoms with Crippen LogP contribution in [0.3, 0.4) is 0 Å². The van der Waals surface area contributed by atoms with Gasteiger partial charge in [0.05, 0.1) is 27.2 Å². The predicted molar refractivity (Wildman–Crippen MR) is 74.0 cm³/mol. The summed E-state index contributed by atoms with van der Waals surface area (Å²) in [5.74, 6) is -0.804. The number of nitrogens with zero attached hydrogens (tertiary/aromatic N) is 1. The molecule has 0 aliphatic rings. The third kappa shape index (κ3) is 2.83. The lowest BCUT2D eigenvalue weighted by Crippen LogP contribution is -2.04. The van der Waals surface area contributed by atoms with Crippen molar-refractivity contribution in [2.45, 2.75) is 10.6 Å². The number of rotatable bonds is 4. The molecule has 0 bridgehead atoms. The number of para-hydroxylation sites is 1. The first-order chi connectivity index (χ1) is 9.50. The van der Waals surface area contributed by atoms with Gasteiger partial charge < -0.3 is 5.73 Å². The molecular formula is C13H11FN2O3S. The van der Waals surface area contributed by atoms with E-state index in [1.165, 1.54) is 30.3 Å². The summed E-state index contributed by atoms with van der Waals surface area (Å²) in [5, 5.41) is 10.9. The molecule has 0 aliphatic heterocycles. The SMILES string of the molecule is Nc1cccc(CS(=O)c2ccccc2[N+](=O)[O-])c1F. The summed E-state index contributed by atoms with van der Waals surface area (Å²) in [6.45, 7) is 0. The molecule has 0 spiro atoms. The largest absolute Gasteiger partial charge is 0.396 e. The summed E-state index contributed by atoms with van der Waals surface area (Å²) in [7, 11) is -1.72. The molecule has 0 heterocycles. The van der Waals surface area contributed by atoms with Crippen LogP contribution in [0.1, 0.15) is 5.56 Å². The van der Waals surface area contributed by atoms with Crippen LogP contribution in [0.5, 0.6) is 0 Å². The molecule has 0 saturated heterocycles. The highest BCUT2D eigenvalue weighted by Crippen LogP contribution is 2.25. The highest BCUT2D eigenvalue weighted by atomic mass is 32.2. The highest BCUT2D eigenvalue weighted by Gasteiger charge is 2.19. The second-order valence-corrected chi connectivity index (χ2v) is 5.45. The number of nitro benzene ring substituents is 1. The maximum absolute atomic E-state index is 13.7. The summed E-state index contributed by atoms with van der Waals surface area (Å²) < 4.78 is 25.9. The van der Waals surface area contributed by atoms with E-state index in [4.69, 9.17) is 5.73 Å². The Morgan fingerprint density at radius 1 is 1.20 bits per heavy atom. The van der Waals surface area contributed by atoms with Crippen LogP contribution in [0.4, 0.5) is 15.8 Å². The predicted octanol–water partition coefficient (Wildman–Crippen LogP) is 2.62. The van der Waals surface area contributed by atoms with Crippen molar-refractivity contribution in [2.75, 3.05) is 5.73 Å². The Kier molecular flexibility index (Phi) is 4.09. The second kappa shape index (κ2) is 5.79. The van der Waals surface area contributed by atoms with Gasteiger partial charge in [-0.3, -0.25) is 14.3 Å². The van der Waals surface area contributed by atoms with Gasteiger partial charge in [-0.1, -0.05) is 24.3 Å². The minimum absolute atomic E-state index is 0.0398. The number of benzene rings is 2. The van der Waals surface area contributed by atoms with Gasteiger partial charge in [0.1, 0.15) is 10.7 Å². The first-order valence-electron chi connectivity index (χ1n) is 5.65. The van der Waals surface area contributed by atoms with Gasteiger partial charge in [0.2, 0.25) is 0 Å². The molecular weight excluding hydrogens is 283 g/mol. The van der Waals surface area contributed by atoms with E-state index < -0.39 is 21.5 Å². The Bertz CT molecular complexity index is 691. The number of anilines is 1. The zero-order valence-corrected chi connectivity index (χ0v) is 11.1. The van der Waals surface area contributed by atoms with E-state index in [2.05, 4.69) is 0 Å². The molecule has 5 nitrogen and oxygen atoms in total. The smallest absolute Gasteiger partial charge is 0.285 e. The first kappa shape index (κ1) is 14.1. The fourth-order valence-electron chi connectivity index (χ4n) is 1.73. The molecule has 2 aromatic rings. The quantitative estimate of drug-likeness (QED) is 0.533. The molecule has 20 heavy (non-hydrogen) atoms. The van der Waals surface area contributed by atoms with Crippen LogP contribution in [-0.4, -0.2) is 9.13 Å². The van der Waals surface area contributed by atoms with Crippen molar-refractivity contribution >= 4 is 22.2 Å². The van der Waals surface area contributed by atoms with Crippen LogP contribution in [0.2, 0.25) is 0 Å². The van der Waals surface area contributed by atoms with Crippen molar-refractivity contribution in [1.29, 1.82) is 0 Å². The fourth-order valence-corrected chi connectivity index (χ4v) is 3.00. The van der Waals surface area contributed by atoms with Gasteiger partial charge in [0.25, 0.3) is 5.69 Å². The number of halogens is 1. The van der Waals surface area contributed by atoms with Gasteiger partial charge in [-0.15, -0.1) is 0 Å². The van der Waals surface area contributed by atoms with Crippen LogP contribution < -0.4 is 5.73 Å². The van der Waals surface area contributed by atoms with Gasteiger partial charge in [-0.05, 0) is 12.1 Å². The molecule has 2 N–H and O–H groups in total. The highest BCUT2D eigenvalue weighted by molar-refractivity contribution is 7.84. The third-order valence-corrected chi connectivity index (χ3v) is 4.11. The Balaban J connectivity index is 2.34. The van der Waals surface area contributed by atoms with E-state index in [0.717, 1.165) is 0 Å². The molecule has 0 saturated carbocycles. The minimum atomic E-state index is -1.72. The van der Waals surface area contributed by atoms with E-state index in [9.17, 15) is 18.7 Å². The van der Waals surface area contributed by atoms with Gasteiger partial charge in [-0.2, -0.15) is 0 Å². The lowest BCUT2D eigenvalue weighted by Gasteiger charge is -2.06. The molecule has 2 rings (SSSR count). The molecule has 1 unspecified atom stereocenters. The molecule has 0 radical (unpaired) electrons. The van der Waals surface area contributed by atoms with Crippen LogP contribution in [0.25, 0.3) is 0 Å². The fraction of sp³-hybridized carbons (Fsp3) is 0.0769. The monoisotopic (exact) mass is 294 g/mol. The van der Waals surface area contributed by atoms with Crippen LogP contribution in [0, 0.1) is 15.9 Å². The van der Waals surface area contributed by atoms with Crippen molar-refractivity contribution in [3.05, 3.63) is 64.0 Å². The Morgan fingerprint density at radius 2 is 1.90 bits per heavy atom. The van der Waals surface area contributed by atoms with Crippen LogP contribution in [0.15, 0.2) is 47.4 Å². The number of nitrogens with two attached hydrogens (primary N) is 1. The van der Waals surface area contributed by atoms with Crippen molar-refractivity contribution in [3.63, 3.8) is 0 Å². The van der Waals surface area contributed by atoms with E-state index >= 15 is 0 Å². The molecule has 0 aliphatic carbocycles. The molecule has 0 aromatic heterocycles. The standard InChI is InChI=1S/C13H11FN2O3S/c14-13-9(4-3-5-10(13)15)8-20(19)12-7-2-1-6-11(12)16(17)18/h1-7H,8,15H2. The summed E-state index contributed by atoms with van der Waals surface area (Å²) in [4.78, 5) is 10.3. The number of hydrogen-bond acceptors (Lipinski definition) is 4. The summed E-state index contributed by atoms with van der Waals surface area (Å²) in [6.07, 6.45) is 0.